The molecule has 0 spiro atoms. The van der Waals surface area contributed by atoms with Crippen LogP contribution in [-0.4, -0.2) is 38.6 Å². The number of hydrogen-bond acceptors (Lipinski definition) is 3. The van der Waals surface area contributed by atoms with Gasteiger partial charge < -0.3 is 9.47 Å². The lowest BCUT2D eigenvalue weighted by Crippen LogP contribution is -2.41. The number of imidazole rings is 1. The topological polar surface area (TPSA) is 34.0 Å². The van der Waals surface area contributed by atoms with E-state index >= 15 is 0 Å². The number of fused-ring (bicyclic) bond motifs is 1. The number of hydrogen-bond donors (Lipinski definition) is 0. The highest BCUT2D eigenvalue weighted by Gasteiger charge is 2.24. The number of nitrogens with zero attached hydrogens (tertiary/aromatic N) is 4. The zero-order chi connectivity index (χ0) is 14.8. The molecule has 0 N–H and O–H groups in total. The molecule has 3 heterocycles. The van der Waals surface area contributed by atoms with Crippen molar-refractivity contribution in [3.63, 3.8) is 0 Å². The third kappa shape index (κ3) is 2.82. The predicted octanol–water partition coefficient (Wildman–Crippen LogP) is 3.43. The van der Waals surface area contributed by atoms with Crippen molar-refractivity contribution >= 4 is 11.2 Å². The highest BCUT2D eigenvalue weighted by molar-refractivity contribution is 5.71. The van der Waals surface area contributed by atoms with Crippen molar-refractivity contribution in [3.05, 3.63) is 24.2 Å². The van der Waals surface area contributed by atoms with E-state index in [1.165, 1.54) is 31.6 Å². The Morgan fingerprint density at radius 1 is 1.33 bits per heavy atom. The molecule has 0 radical (unpaired) electrons. The summed E-state index contributed by atoms with van der Waals surface area (Å²) >= 11 is 0. The van der Waals surface area contributed by atoms with Crippen molar-refractivity contribution in [1.82, 2.24) is 19.4 Å². The monoisotopic (exact) mass is 286 g/mol. The molecule has 0 aromatic carbocycles. The molecule has 2 aromatic rings. The van der Waals surface area contributed by atoms with Crippen LogP contribution in [0.1, 0.15) is 51.9 Å². The fraction of sp³-hybridized carbons (Fsp3) is 0.647. The first-order chi connectivity index (χ1) is 10.2. The third-order valence-electron chi connectivity index (χ3n) is 4.61. The van der Waals surface area contributed by atoms with Crippen molar-refractivity contribution < 1.29 is 0 Å². The van der Waals surface area contributed by atoms with Gasteiger partial charge in [0.25, 0.3) is 0 Å². The first kappa shape index (κ1) is 14.5. The second kappa shape index (κ2) is 6.14. The van der Waals surface area contributed by atoms with E-state index in [1.54, 1.807) is 0 Å². The van der Waals surface area contributed by atoms with Crippen LogP contribution in [0.2, 0.25) is 0 Å². The number of rotatable bonds is 4. The number of pyridine rings is 1. The molecular formula is C17H26N4. The second-order valence-corrected chi connectivity index (χ2v) is 6.32. The van der Waals surface area contributed by atoms with E-state index in [2.05, 4.69) is 41.3 Å². The molecule has 1 saturated heterocycles. The zero-order valence-corrected chi connectivity index (χ0v) is 13.4. The van der Waals surface area contributed by atoms with Crippen LogP contribution in [0.15, 0.2) is 18.3 Å². The molecule has 21 heavy (non-hydrogen) atoms. The first-order valence-electron chi connectivity index (χ1n) is 8.26. The second-order valence-electron chi connectivity index (χ2n) is 6.32. The van der Waals surface area contributed by atoms with E-state index in [-0.39, 0.29) is 0 Å². The smallest absolute Gasteiger partial charge is 0.160 e. The van der Waals surface area contributed by atoms with Gasteiger partial charge in [0, 0.05) is 24.7 Å². The van der Waals surface area contributed by atoms with Crippen molar-refractivity contribution in [2.75, 3.05) is 13.1 Å². The molecule has 0 bridgehead atoms. The van der Waals surface area contributed by atoms with Crippen LogP contribution < -0.4 is 0 Å². The van der Waals surface area contributed by atoms with Gasteiger partial charge in [-0.3, -0.25) is 0 Å². The molecule has 1 atom stereocenters. The van der Waals surface area contributed by atoms with Crippen molar-refractivity contribution in [3.8, 4) is 0 Å². The Labute approximate surface area is 127 Å². The molecule has 4 heteroatoms. The Balaban J connectivity index is 1.94. The van der Waals surface area contributed by atoms with Crippen LogP contribution in [0.25, 0.3) is 11.2 Å². The Hall–Kier alpha value is -1.42. The summed E-state index contributed by atoms with van der Waals surface area (Å²) in [6.45, 7) is 9.09. The first-order valence-corrected chi connectivity index (χ1v) is 8.26. The predicted molar refractivity (Wildman–Crippen MR) is 86.5 cm³/mol. The van der Waals surface area contributed by atoms with Crippen LogP contribution in [-0.2, 0) is 6.42 Å². The Kier molecular flexibility index (Phi) is 4.24. The van der Waals surface area contributed by atoms with Crippen LogP contribution in [0.3, 0.4) is 0 Å². The Morgan fingerprint density at radius 3 is 2.95 bits per heavy atom. The minimum absolute atomic E-state index is 0.401. The molecular weight excluding hydrogens is 260 g/mol. The molecule has 1 aliphatic rings. The number of piperidine rings is 1. The summed E-state index contributed by atoms with van der Waals surface area (Å²) in [5, 5.41) is 0. The minimum Gasteiger partial charge on any atom is -0.310 e. The van der Waals surface area contributed by atoms with E-state index < -0.39 is 0 Å². The minimum atomic E-state index is 0.401. The summed E-state index contributed by atoms with van der Waals surface area (Å²) < 4.78 is 2.32. The lowest BCUT2D eigenvalue weighted by atomic mass is 9.99. The van der Waals surface area contributed by atoms with Crippen LogP contribution in [0, 0.1) is 0 Å². The SMILES string of the molecule is CCN1CCCCC1Cc1nc2cccnc2n1C(C)C. The maximum Gasteiger partial charge on any atom is 0.160 e. The molecule has 0 aliphatic carbocycles. The summed E-state index contributed by atoms with van der Waals surface area (Å²) in [5.74, 6) is 1.20. The summed E-state index contributed by atoms with van der Waals surface area (Å²) in [6.07, 6.45) is 6.89. The van der Waals surface area contributed by atoms with Crippen LogP contribution >= 0.6 is 0 Å². The summed E-state index contributed by atoms with van der Waals surface area (Å²) in [4.78, 5) is 12.0. The average molecular weight is 286 g/mol. The van der Waals surface area contributed by atoms with Crippen molar-refractivity contribution in [1.29, 1.82) is 0 Å². The van der Waals surface area contributed by atoms with Gasteiger partial charge in [0.15, 0.2) is 5.65 Å². The molecule has 1 fully saturated rings. The number of aromatic nitrogens is 3. The van der Waals surface area contributed by atoms with E-state index in [1.807, 2.05) is 12.3 Å². The molecule has 0 saturated carbocycles. The molecule has 2 aromatic heterocycles. The van der Waals surface area contributed by atoms with Gasteiger partial charge in [-0.05, 0) is 51.9 Å². The van der Waals surface area contributed by atoms with Crippen molar-refractivity contribution in [2.45, 2.75) is 58.5 Å². The molecule has 3 rings (SSSR count). The lowest BCUT2D eigenvalue weighted by molar-refractivity contribution is 0.152. The van der Waals surface area contributed by atoms with Gasteiger partial charge in [-0.25, -0.2) is 9.97 Å². The maximum absolute atomic E-state index is 4.87. The third-order valence-corrected chi connectivity index (χ3v) is 4.61. The van der Waals surface area contributed by atoms with Gasteiger partial charge in [0.2, 0.25) is 0 Å². The molecule has 114 valence electrons. The van der Waals surface area contributed by atoms with Gasteiger partial charge in [-0.15, -0.1) is 0 Å². The van der Waals surface area contributed by atoms with Gasteiger partial charge in [-0.2, -0.15) is 0 Å². The summed E-state index contributed by atoms with van der Waals surface area (Å²) in [6, 6.07) is 5.09. The molecule has 4 nitrogen and oxygen atoms in total. The van der Waals surface area contributed by atoms with Crippen molar-refractivity contribution in [2.24, 2.45) is 0 Å². The lowest BCUT2D eigenvalue weighted by Gasteiger charge is -2.34. The molecule has 1 aliphatic heterocycles. The molecule has 0 amide bonds. The normalized spacial score (nSPS) is 20.5. The van der Waals surface area contributed by atoms with Crippen LogP contribution in [0.4, 0.5) is 0 Å². The fourth-order valence-electron chi connectivity index (χ4n) is 3.58. The zero-order valence-electron chi connectivity index (χ0n) is 13.4. The fourth-order valence-corrected chi connectivity index (χ4v) is 3.58. The summed E-state index contributed by atoms with van der Waals surface area (Å²) in [5.41, 5.74) is 2.06. The maximum atomic E-state index is 4.87. The Morgan fingerprint density at radius 2 is 2.19 bits per heavy atom. The largest absolute Gasteiger partial charge is 0.310 e. The quantitative estimate of drug-likeness (QED) is 0.863. The van der Waals surface area contributed by atoms with E-state index in [0.717, 1.165) is 24.1 Å². The number of likely N-dealkylation sites (N-methyl/N-ethyl adjacent to an activating group) is 1. The average Bonchev–Trinajstić information content (AvgIpc) is 2.85. The number of likely N-dealkylation sites (tertiary alicyclic amines) is 1. The van der Waals surface area contributed by atoms with E-state index in [4.69, 9.17) is 4.98 Å². The van der Waals surface area contributed by atoms with Gasteiger partial charge in [0.05, 0.1) is 0 Å². The van der Waals surface area contributed by atoms with E-state index in [9.17, 15) is 0 Å². The van der Waals surface area contributed by atoms with Gasteiger partial charge in [0.1, 0.15) is 11.3 Å². The standard InChI is InChI=1S/C17H26N4/c1-4-20-11-6-5-8-14(20)12-16-19-15-9-7-10-18-17(15)21(16)13(2)3/h7,9-10,13-14H,4-6,8,11-12H2,1-3H3. The van der Waals surface area contributed by atoms with Gasteiger partial charge >= 0.3 is 0 Å². The highest BCUT2D eigenvalue weighted by atomic mass is 15.2. The summed E-state index contributed by atoms with van der Waals surface area (Å²) in [7, 11) is 0. The Bertz CT molecular complexity index is 602. The van der Waals surface area contributed by atoms with Crippen LogP contribution in [0.5, 0.6) is 0 Å². The highest BCUT2D eigenvalue weighted by Crippen LogP contribution is 2.24. The van der Waals surface area contributed by atoms with Gasteiger partial charge in [-0.1, -0.05) is 13.3 Å². The van der Waals surface area contributed by atoms with E-state index in [0.29, 0.717) is 12.1 Å². The molecule has 1 unspecified atom stereocenters.